The molecule has 1 saturated carbocycles. The lowest BCUT2D eigenvalue weighted by Gasteiger charge is -2.33. The molecule has 1 fully saturated rings. The minimum absolute atomic E-state index is 0.688. The summed E-state index contributed by atoms with van der Waals surface area (Å²) in [5, 5.41) is 4.95. The van der Waals surface area contributed by atoms with E-state index < -0.39 is 0 Å². The molecule has 1 aromatic rings. The topological polar surface area (TPSA) is 24.9 Å². The number of hydrogen-bond donors (Lipinski definition) is 1. The summed E-state index contributed by atoms with van der Waals surface area (Å²) in [5.74, 6) is 1.70. The van der Waals surface area contributed by atoms with E-state index in [-0.39, 0.29) is 0 Å². The average Bonchev–Trinajstić information content (AvgIpc) is 2.78. The Labute approximate surface area is 109 Å². The van der Waals surface area contributed by atoms with Gasteiger partial charge in [-0.2, -0.15) is 0 Å². The number of nitrogens with one attached hydrogen (secondary N) is 1. The van der Waals surface area contributed by atoms with Crippen LogP contribution in [-0.4, -0.2) is 11.0 Å². The molecule has 17 heavy (non-hydrogen) atoms. The maximum absolute atomic E-state index is 4.47. The maximum Gasteiger partial charge on any atom is 0.107 e. The van der Waals surface area contributed by atoms with Gasteiger partial charge in [0.15, 0.2) is 0 Å². The Bertz CT molecular complexity index is 348. The lowest BCUT2D eigenvalue weighted by molar-refractivity contribution is 0.227. The minimum Gasteiger partial charge on any atom is -0.307 e. The number of aryl methyl sites for hydroxylation is 1. The van der Waals surface area contributed by atoms with Crippen LogP contribution < -0.4 is 5.32 Å². The third-order valence-corrected chi connectivity index (χ3v) is 5.07. The molecular weight excluding hydrogens is 228 g/mol. The molecule has 0 saturated heterocycles. The van der Waals surface area contributed by atoms with E-state index in [1.165, 1.54) is 29.1 Å². The molecule has 3 atom stereocenters. The van der Waals surface area contributed by atoms with Crippen LogP contribution in [-0.2, 0) is 13.0 Å². The fourth-order valence-electron chi connectivity index (χ4n) is 2.63. The van der Waals surface area contributed by atoms with Crippen molar-refractivity contribution in [2.45, 2.75) is 59.0 Å². The molecule has 1 aromatic heterocycles. The highest BCUT2D eigenvalue weighted by atomic mass is 32.1. The van der Waals surface area contributed by atoms with Crippen molar-refractivity contribution in [3.63, 3.8) is 0 Å². The van der Waals surface area contributed by atoms with Crippen molar-refractivity contribution >= 4 is 11.3 Å². The van der Waals surface area contributed by atoms with E-state index in [4.69, 9.17) is 0 Å². The van der Waals surface area contributed by atoms with Crippen molar-refractivity contribution in [3.8, 4) is 0 Å². The van der Waals surface area contributed by atoms with Crippen molar-refractivity contribution in [2.24, 2.45) is 11.8 Å². The van der Waals surface area contributed by atoms with Gasteiger partial charge in [-0.05, 0) is 31.1 Å². The van der Waals surface area contributed by atoms with Gasteiger partial charge in [0.05, 0.1) is 0 Å². The maximum atomic E-state index is 4.47. The molecular formula is C14H24N2S. The van der Waals surface area contributed by atoms with Gasteiger partial charge in [-0.25, -0.2) is 4.98 Å². The van der Waals surface area contributed by atoms with Crippen molar-refractivity contribution in [3.05, 3.63) is 16.1 Å². The molecule has 1 aliphatic carbocycles. The summed E-state index contributed by atoms with van der Waals surface area (Å²) >= 11 is 1.85. The lowest BCUT2D eigenvalue weighted by atomic mass is 9.80. The third-order valence-electron chi connectivity index (χ3n) is 3.92. The Balaban J connectivity index is 1.84. The molecule has 3 unspecified atom stereocenters. The van der Waals surface area contributed by atoms with Crippen LogP contribution in [0, 0.1) is 11.8 Å². The molecule has 1 aliphatic rings. The monoisotopic (exact) mass is 252 g/mol. The molecule has 0 aromatic carbocycles. The molecule has 1 N–H and O–H groups in total. The lowest BCUT2D eigenvalue weighted by Crippen LogP contribution is -2.39. The number of nitrogens with zero attached hydrogens (tertiary/aromatic N) is 1. The summed E-state index contributed by atoms with van der Waals surface area (Å²) in [5.41, 5.74) is 0. The van der Waals surface area contributed by atoms with Crippen LogP contribution in [0.25, 0.3) is 0 Å². The van der Waals surface area contributed by atoms with Crippen LogP contribution in [0.5, 0.6) is 0 Å². The molecule has 0 amide bonds. The van der Waals surface area contributed by atoms with Crippen molar-refractivity contribution < 1.29 is 0 Å². The Morgan fingerprint density at radius 2 is 2.24 bits per heavy atom. The molecule has 0 aliphatic heterocycles. The van der Waals surface area contributed by atoms with E-state index in [0.29, 0.717) is 6.04 Å². The zero-order valence-electron chi connectivity index (χ0n) is 11.2. The second-order valence-electron chi connectivity index (χ2n) is 5.46. The molecule has 3 heteroatoms. The molecule has 0 bridgehead atoms. The SMILES string of the molecule is CCc1cnc(CNC2CC(C)CCC2C)s1. The molecule has 2 nitrogen and oxygen atoms in total. The predicted molar refractivity (Wildman–Crippen MR) is 74.3 cm³/mol. The molecule has 1 heterocycles. The summed E-state index contributed by atoms with van der Waals surface area (Å²) in [7, 11) is 0. The first-order valence-electron chi connectivity index (χ1n) is 6.86. The second kappa shape index (κ2) is 5.96. The largest absolute Gasteiger partial charge is 0.307 e. The van der Waals surface area contributed by atoms with Gasteiger partial charge in [0, 0.05) is 23.7 Å². The Morgan fingerprint density at radius 1 is 1.41 bits per heavy atom. The van der Waals surface area contributed by atoms with Crippen LogP contribution in [0.1, 0.15) is 49.9 Å². The minimum atomic E-state index is 0.688. The normalized spacial score (nSPS) is 29.5. The van der Waals surface area contributed by atoms with Gasteiger partial charge in [0.25, 0.3) is 0 Å². The number of aromatic nitrogens is 1. The highest BCUT2D eigenvalue weighted by Crippen LogP contribution is 2.28. The third kappa shape index (κ3) is 3.52. The summed E-state index contributed by atoms with van der Waals surface area (Å²) < 4.78 is 0. The first kappa shape index (κ1) is 13.0. The van der Waals surface area contributed by atoms with Crippen LogP contribution in [0.3, 0.4) is 0 Å². The van der Waals surface area contributed by atoms with Gasteiger partial charge in [-0.3, -0.25) is 0 Å². The Hall–Kier alpha value is -0.410. The molecule has 0 radical (unpaired) electrons. The second-order valence-corrected chi connectivity index (χ2v) is 6.66. The Morgan fingerprint density at radius 3 is 2.94 bits per heavy atom. The van der Waals surface area contributed by atoms with Crippen LogP contribution in [0.15, 0.2) is 6.20 Å². The fourth-order valence-corrected chi connectivity index (χ4v) is 3.44. The summed E-state index contributed by atoms with van der Waals surface area (Å²) in [6.07, 6.45) is 7.23. The van der Waals surface area contributed by atoms with Crippen molar-refractivity contribution in [1.82, 2.24) is 10.3 Å². The zero-order valence-corrected chi connectivity index (χ0v) is 12.0. The van der Waals surface area contributed by atoms with E-state index in [2.05, 4.69) is 31.1 Å². The van der Waals surface area contributed by atoms with Gasteiger partial charge in [0.1, 0.15) is 5.01 Å². The number of thiazole rings is 1. The zero-order chi connectivity index (χ0) is 12.3. The van der Waals surface area contributed by atoms with Gasteiger partial charge < -0.3 is 5.32 Å². The highest BCUT2D eigenvalue weighted by molar-refractivity contribution is 7.11. The van der Waals surface area contributed by atoms with Crippen molar-refractivity contribution in [1.29, 1.82) is 0 Å². The van der Waals surface area contributed by atoms with E-state index in [9.17, 15) is 0 Å². The van der Waals surface area contributed by atoms with E-state index in [1.807, 2.05) is 17.5 Å². The average molecular weight is 252 g/mol. The van der Waals surface area contributed by atoms with Crippen LogP contribution in [0.4, 0.5) is 0 Å². The first-order valence-corrected chi connectivity index (χ1v) is 7.67. The Kier molecular flexibility index (Phi) is 4.57. The van der Waals surface area contributed by atoms with Gasteiger partial charge in [-0.15, -0.1) is 11.3 Å². The van der Waals surface area contributed by atoms with Crippen LogP contribution >= 0.6 is 11.3 Å². The van der Waals surface area contributed by atoms with Gasteiger partial charge in [-0.1, -0.05) is 27.2 Å². The van der Waals surface area contributed by atoms with E-state index in [1.54, 1.807) is 0 Å². The number of hydrogen-bond acceptors (Lipinski definition) is 3. The van der Waals surface area contributed by atoms with E-state index >= 15 is 0 Å². The molecule has 2 rings (SSSR count). The van der Waals surface area contributed by atoms with E-state index in [0.717, 1.165) is 24.8 Å². The first-order chi connectivity index (χ1) is 8.19. The fraction of sp³-hybridized carbons (Fsp3) is 0.786. The predicted octanol–water partition coefficient (Wildman–Crippen LogP) is 3.62. The molecule has 96 valence electrons. The smallest absolute Gasteiger partial charge is 0.107 e. The number of rotatable bonds is 4. The summed E-state index contributed by atoms with van der Waals surface area (Å²) in [6.45, 7) is 7.89. The standard InChI is InChI=1S/C14H24N2S/c1-4-12-8-16-14(17-12)9-15-13-7-10(2)5-6-11(13)3/h8,10-11,13,15H,4-7,9H2,1-3H3. The van der Waals surface area contributed by atoms with Crippen LogP contribution in [0.2, 0.25) is 0 Å². The highest BCUT2D eigenvalue weighted by Gasteiger charge is 2.24. The summed E-state index contributed by atoms with van der Waals surface area (Å²) in [6, 6.07) is 0.688. The molecule has 0 spiro atoms. The van der Waals surface area contributed by atoms with Gasteiger partial charge >= 0.3 is 0 Å². The van der Waals surface area contributed by atoms with Gasteiger partial charge in [0.2, 0.25) is 0 Å². The quantitative estimate of drug-likeness (QED) is 0.885. The van der Waals surface area contributed by atoms with Crippen molar-refractivity contribution in [2.75, 3.05) is 0 Å². The summed E-state index contributed by atoms with van der Waals surface area (Å²) in [4.78, 5) is 5.87.